The van der Waals surface area contributed by atoms with E-state index >= 15 is 0 Å². The molecule has 0 aliphatic carbocycles. The van der Waals surface area contributed by atoms with Gasteiger partial charge in [-0.05, 0) is 30.7 Å². The van der Waals surface area contributed by atoms with E-state index in [0.29, 0.717) is 12.0 Å². The molecule has 0 aliphatic heterocycles. The van der Waals surface area contributed by atoms with E-state index in [9.17, 15) is 13.2 Å². The first kappa shape index (κ1) is 12.6. The van der Waals surface area contributed by atoms with Gasteiger partial charge in [-0.25, -0.2) is 0 Å². The smallest absolute Gasteiger partial charge is 0.401 e. The minimum Gasteiger partial charge on any atom is -0.504 e. The lowest BCUT2D eigenvalue weighted by molar-refractivity contribution is -0.124. The summed E-state index contributed by atoms with van der Waals surface area (Å²) < 4.78 is 35.3. The number of hydrogen-bond acceptors (Lipinski definition) is 3. The van der Waals surface area contributed by atoms with Crippen LogP contribution in [0.3, 0.4) is 0 Å². The molecule has 0 aliphatic rings. The number of alkyl halides is 3. The third-order valence-electron chi connectivity index (χ3n) is 1.96. The molecule has 0 fully saturated rings. The molecule has 0 aromatic heterocycles. The van der Waals surface area contributed by atoms with Crippen LogP contribution in [0, 0.1) is 0 Å². The predicted octanol–water partition coefficient (Wildman–Crippen LogP) is 1.79. The third-order valence-corrected chi connectivity index (χ3v) is 1.96. The Hall–Kier alpha value is -1.43. The van der Waals surface area contributed by atoms with E-state index in [-0.39, 0.29) is 18.0 Å². The largest absolute Gasteiger partial charge is 0.504 e. The zero-order chi connectivity index (χ0) is 12.2. The lowest BCUT2D eigenvalue weighted by atomic mass is 10.1. The second-order valence-electron chi connectivity index (χ2n) is 3.37. The molecule has 0 bridgehead atoms. The highest BCUT2D eigenvalue weighted by molar-refractivity contribution is 5.40. The average molecular weight is 235 g/mol. The van der Waals surface area contributed by atoms with Crippen molar-refractivity contribution in [2.75, 3.05) is 13.1 Å². The molecule has 0 radical (unpaired) electrons. The van der Waals surface area contributed by atoms with Crippen molar-refractivity contribution in [1.82, 2.24) is 5.32 Å². The predicted molar refractivity (Wildman–Crippen MR) is 52.4 cm³/mol. The number of benzene rings is 1. The fourth-order valence-corrected chi connectivity index (χ4v) is 1.19. The first-order valence-corrected chi connectivity index (χ1v) is 4.67. The Kier molecular flexibility index (Phi) is 4.00. The fourth-order valence-electron chi connectivity index (χ4n) is 1.19. The van der Waals surface area contributed by atoms with E-state index < -0.39 is 12.7 Å². The lowest BCUT2D eigenvalue weighted by Crippen LogP contribution is -2.30. The van der Waals surface area contributed by atoms with Crippen LogP contribution in [-0.2, 0) is 6.42 Å². The molecular formula is C10H12F3NO2. The molecule has 0 saturated heterocycles. The highest BCUT2D eigenvalue weighted by Crippen LogP contribution is 2.24. The standard InChI is InChI=1S/C10H12F3NO2/c11-10(12,13)6-14-4-3-7-1-2-8(15)9(16)5-7/h1-2,5,14-16H,3-4,6H2. The number of phenols is 2. The molecule has 0 unspecified atom stereocenters. The summed E-state index contributed by atoms with van der Waals surface area (Å²) in [6.07, 6.45) is -3.86. The third kappa shape index (κ3) is 4.39. The number of rotatable bonds is 4. The Morgan fingerprint density at radius 3 is 2.38 bits per heavy atom. The Morgan fingerprint density at radius 1 is 1.12 bits per heavy atom. The van der Waals surface area contributed by atoms with Gasteiger partial charge in [-0.15, -0.1) is 0 Å². The van der Waals surface area contributed by atoms with E-state index in [2.05, 4.69) is 5.32 Å². The van der Waals surface area contributed by atoms with Crippen molar-refractivity contribution in [2.24, 2.45) is 0 Å². The minimum absolute atomic E-state index is 0.156. The summed E-state index contributed by atoms with van der Waals surface area (Å²) in [5.41, 5.74) is 0.657. The van der Waals surface area contributed by atoms with Crippen LogP contribution >= 0.6 is 0 Å². The van der Waals surface area contributed by atoms with Crippen LogP contribution < -0.4 is 5.32 Å². The molecule has 1 aromatic rings. The molecule has 0 amide bonds. The van der Waals surface area contributed by atoms with Gasteiger partial charge >= 0.3 is 6.18 Å². The number of aromatic hydroxyl groups is 2. The van der Waals surface area contributed by atoms with Gasteiger partial charge in [0.1, 0.15) is 0 Å². The molecule has 0 heterocycles. The van der Waals surface area contributed by atoms with Crippen molar-refractivity contribution in [3.63, 3.8) is 0 Å². The van der Waals surface area contributed by atoms with Crippen LogP contribution in [0.4, 0.5) is 13.2 Å². The fraction of sp³-hybridized carbons (Fsp3) is 0.400. The van der Waals surface area contributed by atoms with Crippen LogP contribution in [0.5, 0.6) is 11.5 Å². The van der Waals surface area contributed by atoms with Gasteiger partial charge in [-0.3, -0.25) is 0 Å². The van der Waals surface area contributed by atoms with Crippen molar-refractivity contribution in [3.8, 4) is 11.5 Å². The van der Waals surface area contributed by atoms with E-state index in [1.165, 1.54) is 12.1 Å². The minimum atomic E-state index is -4.21. The van der Waals surface area contributed by atoms with Crippen molar-refractivity contribution < 1.29 is 23.4 Å². The molecule has 3 N–H and O–H groups in total. The van der Waals surface area contributed by atoms with Crippen molar-refractivity contribution in [3.05, 3.63) is 23.8 Å². The molecule has 1 rings (SSSR count). The zero-order valence-corrected chi connectivity index (χ0v) is 8.38. The van der Waals surface area contributed by atoms with Gasteiger partial charge in [0.15, 0.2) is 11.5 Å². The number of phenolic OH excluding ortho intramolecular Hbond substituents is 2. The number of hydrogen-bond donors (Lipinski definition) is 3. The second kappa shape index (κ2) is 5.07. The first-order chi connectivity index (χ1) is 7.38. The maximum absolute atomic E-state index is 11.8. The molecule has 0 spiro atoms. The Balaban J connectivity index is 2.35. The summed E-state index contributed by atoms with van der Waals surface area (Å²) in [6, 6.07) is 4.17. The molecule has 16 heavy (non-hydrogen) atoms. The van der Waals surface area contributed by atoms with Crippen LogP contribution in [-0.4, -0.2) is 29.5 Å². The van der Waals surface area contributed by atoms with Crippen LogP contribution in [0.1, 0.15) is 5.56 Å². The first-order valence-electron chi connectivity index (χ1n) is 4.67. The maximum Gasteiger partial charge on any atom is 0.401 e. The number of halogens is 3. The van der Waals surface area contributed by atoms with Gasteiger partial charge < -0.3 is 15.5 Å². The molecule has 3 nitrogen and oxygen atoms in total. The Morgan fingerprint density at radius 2 is 1.81 bits per heavy atom. The Bertz CT molecular complexity index is 352. The molecule has 90 valence electrons. The van der Waals surface area contributed by atoms with Gasteiger partial charge in [-0.2, -0.15) is 13.2 Å². The van der Waals surface area contributed by atoms with E-state index in [1.54, 1.807) is 6.07 Å². The van der Waals surface area contributed by atoms with Crippen molar-refractivity contribution in [1.29, 1.82) is 0 Å². The molecule has 0 atom stereocenters. The van der Waals surface area contributed by atoms with Gasteiger partial charge in [0.2, 0.25) is 0 Å². The van der Waals surface area contributed by atoms with Crippen molar-refractivity contribution in [2.45, 2.75) is 12.6 Å². The maximum atomic E-state index is 11.8. The topological polar surface area (TPSA) is 52.5 Å². The second-order valence-corrected chi connectivity index (χ2v) is 3.37. The summed E-state index contributed by atoms with van der Waals surface area (Å²) in [5, 5.41) is 20.4. The normalized spacial score (nSPS) is 11.7. The number of nitrogens with one attached hydrogen (secondary N) is 1. The molecule has 1 aromatic carbocycles. The van der Waals surface area contributed by atoms with E-state index in [4.69, 9.17) is 10.2 Å². The highest BCUT2D eigenvalue weighted by atomic mass is 19.4. The summed E-state index contributed by atoms with van der Waals surface area (Å²) in [6.45, 7) is -0.874. The molecular weight excluding hydrogens is 223 g/mol. The van der Waals surface area contributed by atoms with Gasteiger partial charge in [0.05, 0.1) is 6.54 Å². The van der Waals surface area contributed by atoms with Gasteiger partial charge in [-0.1, -0.05) is 6.07 Å². The van der Waals surface area contributed by atoms with Gasteiger partial charge in [0.25, 0.3) is 0 Å². The highest BCUT2D eigenvalue weighted by Gasteiger charge is 2.25. The Labute approximate surface area is 90.5 Å². The molecule has 6 heteroatoms. The lowest BCUT2D eigenvalue weighted by Gasteiger charge is -2.08. The van der Waals surface area contributed by atoms with Gasteiger partial charge in [0, 0.05) is 0 Å². The monoisotopic (exact) mass is 235 g/mol. The van der Waals surface area contributed by atoms with Crippen LogP contribution in [0.15, 0.2) is 18.2 Å². The molecule has 0 saturated carbocycles. The van der Waals surface area contributed by atoms with E-state index in [0.717, 1.165) is 0 Å². The summed E-state index contributed by atoms with van der Waals surface area (Å²) >= 11 is 0. The SMILES string of the molecule is Oc1ccc(CCNCC(F)(F)F)cc1O. The zero-order valence-electron chi connectivity index (χ0n) is 8.38. The summed E-state index contributed by atoms with van der Waals surface area (Å²) in [7, 11) is 0. The van der Waals surface area contributed by atoms with E-state index in [1.807, 2.05) is 0 Å². The van der Waals surface area contributed by atoms with Crippen LogP contribution in [0.2, 0.25) is 0 Å². The van der Waals surface area contributed by atoms with Crippen molar-refractivity contribution >= 4 is 0 Å². The quantitative estimate of drug-likeness (QED) is 0.551. The average Bonchev–Trinajstić information content (AvgIpc) is 2.17. The van der Waals surface area contributed by atoms with Crippen LogP contribution in [0.25, 0.3) is 0 Å². The summed E-state index contributed by atoms with van der Waals surface area (Å²) in [4.78, 5) is 0. The summed E-state index contributed by atoms with van der Waals surface area (Å²) in [5.74, 6) is -0.514.